The van der Waals surface area contributed by atoms with E-state index in [1.165, 1.54) is 0 Å². The lowest BCUT2D eigenvalue weighted by molar-refractivity contribution is -0.248. The summed E-state index contributed by atoms with van der Waals surface area (Å²) in [5, 5.41) is 10.2. The molecule has 5 nitrogen and oxygen atoms in total. The van der Waals surface area contributed by atoms with Gasteiger partial charge >= 0.3 is 0 Å². The fraction of sp³-hybridized carbons (Fsp3) is 0.800. The SMILES string of the molecule is C=CC[C@@H]1C[C@@]23C[C@H](C(C)(C)O)O[C@]2(CC1=O)OCO3. The van der Waals surface area contributed by atoms with Gasteiger partial charge in [0.15, 0.2) is 6.79 Å². The Hall–Kier alpha value is -0.750. The summed E-state index contributed by atoms with van der Waals surface area (Å²) in [5.74, 6) is -0.972. The fourth-order valence-corrected chi connectivity index (χ4v) is 3.65. The fourth-order valence-electron chi connectivity index (χ4n) is 3.65. The first-order valence-electron chi connectivity index (χ1n) is 7.14. The molecule has 112 valence electrons. The van der Waals surface area contributed by atoms with E-state index in [1.807, 2.05) is 0 Å². The molecule has 1 N–H and O–H groups in total. The van der Waals surface area contributed by atoms with Gasteiger partial charge in [-0.1, -0.05) is 6.08 Å². The lowest BCUT2D eigenvalue weighted by Gasteiger charge is -2.41. The summed E-state index contributed by atoms with van der Waals surface area (Å²) in [6, 6.07) is 0. The highest BCUT2D eigenvalue weighted by Crippen LogP contribution is 2.57. The van der Waals surface area contributed by atoms with Crippen molar-refractivity contribution in [1.82, 2.24) is 0 Å². The quantitative estimate of drug-likeness (QED) is 0.795. The Morgan fingerprint density at radius 1 is 1.45 bits per heavy atom. The molecule has 0 unspecified atom stereocenters. The molecule has 4 atom stereocenters. The van der Waals surface area contributed by atoms with Crippen LogP contribution in [0.4, 0.5) is 0 Å². The normalized spacial score (nSPS) is 44.2. The summed E-state index contributed by atoms with van der Waals surface area (Å²) in [6.45, 7) is 7.28. The first-order valence-corrected chi connectivity index (χ1v) is 7.14. The molecule has 0 aromatic carbocycles. The molecule has 1 aliphatic carbocycles. The maximum absolute atomic E-state index is 12.3. The van der Waals surface area contributed by atoms with Crippen LogP contribution < -0.4 is 0 Å². The average Bonchev–Trinajstić information content (AvgIpc) is 2.80. The number of carbonyl (C=O) groups is 1. The molecule has 2 aliphatic heterocycles. The lowest BCUT2D eigenvalue weighted by atomic mass is 9.70. The molecule has 3 rings (SSSR count). The topological polar surface area (TPSA) is 65.0 Å². The van der Waals surface area contributed by atoms with Crippen molar-refractivity contribution in [2.45, 2.75) is 62.6 Å². The molecular weight excluding hydrogens is 260 g/mol. The van der Waals surface area contributed by atoms with Crippen molar-refractivity contribution in [1.29, 1.82) is 0 Å². The molecule has 1 saturated carbocycles. The smallest absolute Gasteiger partial charge is 0.207 e. The molecule has 0 radical (unpaired) electrons. The van der Waals surface area contributed by atoms with E-state index in [0.717, 1.165) is 0 Å². The lowest BCUT2D eigenvalue weighted by Crippen LogP contribution is -2.55. The second-order valence-corrected chi connectivity index (χ2v) is 6.69. The van der Waals surface area contributed by atoms with Gasteiger partial charge in [-0.25, -0.2) is 0 Å². The highest BCUT2D eigenvalue weighted by Gasteiger charge is 2.70. The molecular formula is C15H22O5. The number of rotatable bonds is 3. The number of hydrogen-bond donors (Lipinski definition) is 1. The minimum absolute atomic E-state index is 0.0912. The van der Waals surface area contributed by atoms with Gasteiger partial charge in [0, 0.05) is 12.3 Å². The number of Topliss-reactive ketones (excluding diaryl/α,β-unsaturated/α-hetero) is 1. The Balaban J connectivity index is 1.92. The molecule has 2 heterocycles. The minimum Gasteiger partial charge on any atom is -0.388 e. The van der Waals surface area contributed by atoms with Gasteiger partial charge in [0.2, 0.25) is 5.79 Å². The molecule has 3 fully saturated rings. The van der Waals surface area contributed by atoms with E-state index < -0.39 is 23.1 Å². The molecule has 0 spiro atoms. The number of carbonyl (C=O) groups excluding carboxylic acids is 1. The number of ether oxygens (including phenoxy) is 3. The van der Waals surface area contributed by atoms with Gasteiger partial charge in [-0.15, -0.1) is 6.58 Å². The number of allylic oxidation sites excluding steroid dienone is 1. The predicted octanol–water partition coefficient (Wildman–Crippen LogP) is 1.54. The van der Waals surface area contributed by atoms with Crippen LogP contribution in [0.1, 0.15) is 39.5 Å². The van der Waals surface area contributed by atoms with E-state index in [-0.39, 0.29) is 24.9 Å². The zero-order valence-corrected chi connectivity index (χ0v) is 12.1. The molecule has 20 heavy (non-hydrogen) atoms. The van der Waals surface area contributed by atoms with Crippen LogP contribution in [-0.4, -0.2) is 40.8 Å². The summed E-state index contributed by atoms with van der Waals surface area (Å²) in [5.41, 5.74) is -1.60. The van der Waals surface area contributed by atoms with Crippen molar-refractivity contribution in [3.8, 4) is 0 Å². The zero-order valence-electron chi connectivity index (χ0n) is 12.1. The third kappa shape index (κ3) is 1.88. The molecule has 0 bridgehead atoms. The third-order valence-electron chi connectivity index (χ3n) is 4.85. The van der Waals surface area contributed by atoms with Crippen molar-refractivity contribution in [2.24, 2.45) is 5.92 Å². The van der Waals surface area contributed by atoms with E-state index in [1.54, 1.807) is 19.9 Å². The Kier molecular flexibility index (Phi) is 3.10. The van der Waals surface area contributed by atoms with Crippen LogP contribution in [0.2, 0.25) is 0 Å². The summed E-state index contributed by atoms with van der Waals surface area (Å²) in [6.07, 6.45) is 3.34. The van der Waals surface area contributed by atoms with E-state index >= 15 is 0 Å². The molecule has 0 amide bonds. The van der Waals surface area contributed by atoms with Crippen LogP contribution in [0, 0.1) is 5.92 Å². The van der Waals surface area contributed by atoms with Gasteiger partial charge in [0.1, 0.15) is 11.4 Å². The van der Waals surface area contributed by atoms with Gasteiger partial charge in [-0.3, -0.25) is 4.79 Å². The second kappa shape index (κ2) is 4.37. The van der Waals surface area contributed by atoms with Gasteiger partial charge in [-0.2, -0.15) is 0 Å². The second-order valence-electron chi connectivity index (χ2n) is 6.69. The highest BCUT2D eigenvalue weighted by molar-refractivity contribution is 5.83. The molecule has 2 saturated heterocycles. The number of ketones is 1. The average molecular weight is 282 g/mol. The number of aliphatic hydroxyl groups is 1. The monoisotopic (exact) mass is 282 g/mol. The van der Waals surface area contributed by atoms with Crippen LogP contribution in [-0.2, 0) is 19.0 Å². The molecule has 0 aromatic heterocycles. The van der Waals surface area contributed by atoms with E-state index in [9.17, 15) is 9.90 Å². The van der Waals surface area contributed by atoms with Crippen LogP contribution in [0.25, 0.3) is 0 Å². The van der Waals surface area contributed by atoms with Gasteiger partial charge < -0.3 is 19.3 Å². The summed E-state index contributed by atoms with van der Waals surface area (Å²) in [4.78, 5) is 12.3. The first kappa shape index (κ1) is 14.2. The first-order chi connectivity index (χ1) is 9.32. The van der Waals surface area contributed by atoms with Crippen LogP contribution in [0.15, 0.2) is 12.7 Å². The van der Waals surface area contributed by atoms with Crippen molar-refractivity contribution < 1.29 is 24.1 Å². The largest absolute Gasteiger partial charge is 0.388 e. The zero-order chi connectivity index (χ0) is 14.6. The summed E-state index contributed by atoms with van der Waals surface area (Å²) < 4.78 is 17.5. The molecule has 3 aliphatic rings. The maximum Gasteiger partial charge on any atom is 0.207 e. The summed E-state index contributed by atoms with van der Waals surface area (Å²) in [7, 11) is 0. The van der Waals surface area contributed by atoms with Gasteiger partial charge in [0.25, 0.3) is 0 Å². The Morgan fingerprint density at radius 2 is 2.20 bits per heavy atom. The Labute approximate surface area is 118 Å². The third-order valence-corrected chi connectivity index (χ3v) is 4.85. The Bertz CT molecular complexity index is 440. The van der Waals surface area contributed by atoms with Crippen LogP contribution >= 0.6 is 0 Å². The molecule has 5 heteroatoms. The van der Waals surface area contributed by atoms with E-state index in [4.69, 9.17) is 14.2 Å². The van der Waals surface area contributed by atoms with Gasteiger partial charge in [-0.05, 0) is 26.7 Å². The summed E-state index contributed by atoms with van der Waals surface area (Å²) >= 11 is 0. The van der Waals surface area contributed by atoms with Gasteiger partial charge in [0.05, 0.1) is 18.1 Å². The van der Waals surface area contributed by atoms with E-state index in [0.29, 0.717) is 19.3 Å². The molecule has 0 aromatic rings. The highest BCUT2D eigenvalue weighted by atomic mass is 16.8. The maximum atomic E-state index is 12.3. The number of hydrogen-bond acceptors (Lipinski definition) is 5. The van der Waals surface area contributed by atoms with Crippen molar-refractivity contribution >= 4 is 5.78 Å². The van der Waals surface area contributed by atoms with Crippen LogP contribution in [0.5, 0.6) is 0 Å². The minimum atomic E-state index is -1.01. The van der Waals surface area contributed by atoms with Crippen molar-refractivity contribution in [2.75, 3.05) is 6.79 Å². The predicted molar refractivity (Wildman–Crippen MR) is 70.8 cm³/mol. The van der Waals surface area contributed by atoms with E-state index in [2.05, 4.69) is 6.58 Å². The standard InChI is InChI=1S/C15H22O5/c1-4-5-10-6-14-8-12(13(2,3)17)20-15(14,7-11(10)16)19-9-18-14/h4,10,12,17H,1,5-9H2,2-3H3/t10-,12-,14-,15+/m1/s1. The van der Waals surface area contributed by atoms with Crippen molar-refractivity contribution in [3.63, 3.8) is 0 Å². The van der Waals surface area contributed by atoms with Crippen LogP contribution in [0.3, 0.4) is 0 Å². The Morgan fingerprint density at radius 3 is 2.85 bits per heavy atom. The van der Waals surface area contributed by atoms with Crippen molar-refractivity contribution in [3.05, 3.63) is 12.7 Å².